The summed E-state index contributed by atoms with van der Waals surface area (Å²) in [6.07, 6.45) is 0. The number of nitrogens with one attached hydrogen (secondary N) is 1. The van der Waals surface area contributed by atoms with Crippen LogP contribution >= 0.6 is 0 Å². The average Bonchev–Trinajstić information content (AvgIpc) is 2.26. The lowest BCUT2D eigenvalue weighted by Crippen LogP contribution is -2.15. The molecule has 1 aromatic heterocycles. The largest absolute Gasteiger partial charge is 0.507 e. The quantitative estimate of drug-likeness (QED) is 0.866. The number of carbonyl (C=O) groups excluding carboxylic acids is 1. The van der Waals surface area contributed by atoms with E-state index in [0.717, 1.165) is 17.0 Å². The number of rotatable bonds is 2. The molecule has 5 heteroatoms. The third-order valence-corrected chi connectivity index (χ3v) is 2.61. The van der Waals surface area contributed by atoms with Crippen LogP contribution in [0.3, 0.4) is 0 Å². The molecule has 98 valence electrons. The zero-order valence-electron chi connectivity index (χ0n) is 11.1. The Hall–Kier alpha value is -2.43. The second-order valence-corrected chi connectivity index (χ2v) is 4.45. The molecular formula is C14H15N3O2. The van der Waals surface area contributed by atoms with E-state index in [9.17, 15) is 9.90 Å². The highest BCUT2D eigenvalue weighted by atomic mass is 16.3. The SMILES string of the molecule is Cc1ccc(C(=O)Nc2nc(C)cc(C)n2)c(O)c1. The Kier molecular flexibility index (Phi) is 3.46. The molecule has 0 aliphatic rings. The molecule has 0 fully saturated rings. The number of phenols is 1. The van der Waals surface area contributed by atoms with Crippen molar-refractivity contribution < 1.29 is 9.90 Å². The Morgan fingerprint density at radius 2 is 1.74 bits per heavy atom. The van der Waals surface area contributed by atoms with Crippen LogP contribution in [-0.2, 0) is 0 Å². The van der Waals surface area contributed by atoms with Gasteiger partial charge in [0, 0.05) is 11.4 Å². The lowest BCUT2D eigenvalue weighted by molar-refractivity contribution is 0.102. The highest BCUT2D eigenvalue weighted by molar-refractivity contribution is 6.05. The van der Waals surface area contributed by atoms with Gasteiger partial charge in [-0.05, 0) is 44.5 Å². The van der Waals surface area contributed by atoms with E-state index in [1.807, 2.05) is 26.8 Å². The molecule has 0 saturated heterocycles. The minimum absolute atomic E-state index is 0.0538. The number of benzene rings is 1. The van der Waals surface area contributed by atoms with Crippen LogP contribution in [0.2, 0.25) is 0 Å². The molecule has 1 heterocycles. The fraction of sp³-hybridized carbons (Fsp3) is 0.214. The molecule has 0 aliphatic carbocycles. The van der Waals surface area contributed by atoms with Gasteiger partial charge in [-0.3, -0.25) is 10.1 Å². The molecule has 1 aromatic carbocycles. The van der Waals surface area contributed by atoms with Gasteiger partial charge in [0.2, 0.25) is 5.95 Å². The average molecular weight is 257 g/mol. The molecule has 0 spiro atoms. The van der Waals surface area contributed by atoms with Gasteiger partial charge in [0.1, 0.15) is 5.75 Å². The lowest BCUT2D eigenvalue weighted by atomic mass is 10.1. The maximum Gasteiger partial charge on any atom is 0.261 e. The molecule has 0 bridgehead atoms. The van der Waals surface area contributed by atoms with E-state index in [-0.39, 0.29) is 17.3 Å². The van der Waals surface area contributed by atoms with Gasteiger partial charge >= 0.3 is 0 Å². The first-order valence-corrected chi connectivity index (χ1v) is 5.89. The molecule has 0 unspecified atom stereocenters. The van der Waals surface area contributed by atoms with E-state index in [1.54, 1.807) is 12.1 Å². The molecule has 19 heavy (non-hydrogen) atoms. The number of hydrogen-bond acceptors (Lipinski definition) is 4. The predicted molar refractivity (Wildman–Crippen MR) is 72.3 cm³/mol. The fourth-order valence-electron chi connectivity index (χ4n) is 1.78. The second kappa shape index (κ2) is 5.06. The summed E-state index contributed by atoms with van der Waals surface area (Å²) in [4.78, 5) is 20.3. The van der Waals surface area contributed by atoms with Gasteiger partial charge in [0.25, 0.3) is 5.91 Å². The van der Waals surface area contributed by atoms with Gasteiger partial charge in [0.15, 0.2) is 0 Å². The standard InChI is InChI=1S/C14H15N3O2/c1-8-4-5-11(12(18)6-8)13(19)17-14-15-9(2)7-10(3)16-14/h4-7,18H,1-3H3,(H,15,16,17,19). The number of aromatic nitrogens is 2. The van der Waals surface area contributed by atoms with E-state index in [2.05, 4.69) is 15.3 Å². The van der Waals surface area contributed by atoms with E-state index in [1.165, 1.54) is 6.07 Å². The fourth-order valence-corrected chi connectivity index (χ4v) is 1.78. The van der Waals surface area contributed by atoms with Gasteiger partial charge in [-0.1, -0.05) is 6.07 Å². The number of nitrogens with zero attached hydrogens (tertiary/aromatic N) is 2. The number of anilines is 1. The summed E-state index contributed by atoms with van der Waals surface area (Å²) < 4.78 is 0. The van der Waals surface area contributed by atoms with E-state index >= 15 is 0 Å². The molecule has 0 aliphatic heterocycles. The number of amides is 1. The topological polar surface area (TPSA) is 75.1 Å². The van der Waals surface area contributed by atoms with Crippen LogP contribution in [0.4, 0.5) is 5.95 Å². The Bertz CT molecular complexity index is 618. The van der Waals surface area contributed by atoms with Crippen LogP contribution in [0.5, 0.6) is 5.75 Å². The predicted octanol–water partition coefficient (Wildman–Crippen LogP) is 2.36. The summed E-state index contributed by atoms with van der Waals surface area (Å²) in [6.45, 7) is 5.50. The number of aryl methyl sites for hydroxylation is 3. The van der Waals surface area contributed by atoms with Crippen molar-refractivity contribution in [1.29, 1.82) is 0 Å². The zero-order valence-corrected chi connectivity index (χ0v) is 11.1. The van der Waals surface area contributed by atoms with Gasteiger partial charge in [-0.15, -0.1) is 0 Å². The Labute approximate surface area is 111 Å². The molecular weight excluding hydrogens is 242 g/mol. The maximum atomic E-state index is 12.0. The van der Waals surface area contributed by atoms with Gasteiger partial charge < -0.3 is 5.11 Å². The summed E-state index contributed by atoms with van der Waals surface area (Å²) in [5, 5.41) is 12.3. The van der Waals surface area contributed by atoms with Crippen molar-refractivity contribution in [3.63, 3.8) is 0 Å². The van der Waals surface area contributed by atoms with E-state index in [4.69, 9.17) is 0 Å². The minimum atomic E-state index is -0.428. The number of carbonyl (C=O) groups is 1. The van der Waals surface area contributed by atoms with Crippen molar-refractivity contribution in [3.05, 3.63) is 46.8 Å². The lowest BCUT2D eigenvalue weighted by Gasteiger charge is -2.07. The number of phenolic OH excluding ortho intramolecular Hbond substituents is 1. The molecule has 2 aromatic rings. The molecule has 5 nitrogen and oxygen atoms in total. The summed E-state index contributed by atoms with van der Waals surface area (Å²) in [6, 6.07) is 6.69. The van der Waals surface area contributed by atoms with Crippen LogP contribution in [0.15, 0.2) is 24.3 Å². The van der Waals surface area contributed by atoms with Gasteiger partial charge in [0.05, 0.1) is 5.56 Å². The van der Waals surface area contributed by atoms with Crippen molar-refractivity contribution in [1.82, 2.24) is 9.97 Å². The van der Waals surface area contributed by atoms with Gasteiger partial charge in [-0.25, -0.2) is 9.97 Å². The third kappa shape index (κ3) is 3.07. The number of aromatic hydroxyl groups is 1. The van der Waals surface area contributed by atoms with Gasteiger partial charge in [-0.2, -0.15) is 0 Å². The van der Waals surface area contributed by atoms with E-state index in [0.29, 0.717) is 0 Å². The van der Waals surface area contributed by atoms with Crippen molar-refractivity contribution in [2.24, 2.45) is 0 Å². The van der Waals surface area contributed by atoms with Crippen molar-refractivity contribution in [2.45, 2.75) is 20.8 Å². The first-order valence-electron chi connectivity index (χ1n) is 5.89. The number of hydrogen-bond donors (Lipinski definition) is 2. The highest BCUT2D eigenvalue weighted by Gasteiger charge is 2.12. The van der Waals surface area contributed by atoms with Crippen LogP contribution in [0.25, 0.3) is 0 Å². The monoisotopic (exact) mass is 257 g/mol. The molecule has 0 saturated carbocycles. The molecule has 1 amide bonds. The van der Waals surface area contributed by atoms with Crippen molar-refractivity contribution in [3.8, 4) is 5.75 Å². The Morgan fingerprint density at radius 1 is 1.11 bits per heavy atom. The highest BCUT2D eigenvalue weighted by Crippen LogP contribution is 2.19. The molecule has 0 atom stereocenters. The first kappa shape index (κ1) is 13.0. The Balaban J connectivity index is 2.25. The van der Waals surface area contributed by atoms with Crippen LogP contribution < -0.4 is 5.32 Å². The third-order valence-electron chi connectivity index (χ3n) is 2.61. The van der Waals surface area contributed by atoms with Crippen molar-refractivity contribution >= 4 is 11.9 Å². The molecule has 2 N–H and O–H groups in total. The minimum Gasteiger partial charge on any atom is -0.507 e. The smallest absolute Gasteiger partial charge is 0.261 e. The normalized spacial score (nSPS) is 10.3. The summed E-state index contributed by atoms with van der Waals surface area (Å²) in [7, 11) is 0. The molecule has 2 rings (SSSR count). The maximum absolute atomic E-state index is 12.0. The van der Waals surface area contributed by atoms with Crippen molar-refractivity contribution in [2.75, 3.05) is 5.32 Å². The Morgan fingerprint density at radius 3 is 2.32 bits per heavy atom. The zero-order chi connectivity index (χ0) is 14.0. The van der Waals surface area contributed by atoms with Crippen LogP contribution in [0, 0.1) is 20.8 Å². The first-order chi connectivity index (χ1) is 8.95. The summed E-state index contributed by atoms with van der Waals surface area (Å²) >= 11 is 0. The van der Waals surface area contributed by atoms with Crippen LogP contribution in [-0.4, -0.2) is 21.0 Å². The second-order valence-electron chi connectivity index (χ2n) is 4.45. The van der Waals surface area contributed by atoms with E-state index < -0.39 is 5.91 Å². The molecule has 0 radical (unpaired) electrons. The summed E-state index contributed by atoms with van der Waals surface area (Å²) in [5.41, 5.74) is 2.64. The summed E-state index contributed by atoms with van der Waals surface area (Å²) in [5.74, 6) is -0.244. The van der Waals surface area contributed by atoms with Crippen LogP contribution in [0.1, 0.15) is 27.3 Å².